The number of nitrogens with zero attached hydrogens (tertiary/aromatic N) is 4. The molecule has 0 unspecified atom stereocenters. The molecule has 1 N–H and O–H groups in total. The van der Waals surface area contributed by atoms with Gasteiger partial charge in [0.25, 0.3) is 12.3 Å². The van der Waals surface area contributed by atoms with Crippen molar-refractivity contribution in [1.29, 1.82) is 0 Å². The van der Waals surface area contributed by atoms with Gasteiger partial charge in [0.15, 0.2) is 11.4 Å². The minimum Gasteiger partial charge on any atom is -0.444 e. The number of carbonyl (C=O) groups is 1. The van der Waals surface area contributed by atoms with Crippen molar-refractivity contribution in [2.24, 2.45) is 0 Å². The van der Waals surface area contributed by atoms with Crippen LogP contribution in [0.3, 0.4) is 0 Å². The van der Waals surface area contributed by atoms with Crippen LogP contribution in [0.2, 0.25) is 0 Å². The molecule has 3 aromatic heterocycles. The number of amides is 1. The number of anilines is 1. The molecule has 9 heteroatoms. The van der Waals surface area contributed by atoms with Crippen molar-refractivity contribution in [3.63, 3.8) is 0 Å². The molecule has 1 amide bonds. The lowest BCUT2D eigenvalue weighted by atomic mass is 10.1. The van der Waals surface area contributed by atoms with Gasteiger partial charge in [0.2, 0.25) is 5.89 Å². The Bertz CT molecular complexity index is 978. The lowest BCUT2D eigenvalue weighted by molar-refractivity contribution is 0.102. The van der Waals surface area contributed by atoms with Crippen molar-refractivity contribution in [1.82, 2.24) is 19.7 Å². The zero-order chi connectivity index (χ0) is 20.4. The Morgan fingerprint density at radius 1 is 1.25 bits per heavy atom. The van der Waals surface area contributed by atoms with Gasteiger partial charge in [0.05, 0.1) is 5.69 Å². The summed E-state index contributed by atoms with van der Waals surface area (Å²) in [5.74, 6) is -0.178. The maximum atomic E-state index is 13.2. The van der Waals surface area contributed by atoms with E-state index in [1.807, 2.05) is 19.9 Å². The van der Waals surface area contributed by atoms with Crippen molar-refractivity contribution in [2.45, 2.75) is 46.1 Å². The number of nitrogens with one attached hydrogen (secondary N) is 1. The van der Waals surface area contributed by atoms with Gasteiger partial charge < -0.3 is 9.73 Å². The third-order valence-corrected chi connectivity index (χ3v) is 4.10. The summed E-state index contributed by atoms with van der Waals surface area (Å²) in [5.41, 5.74) is 0.990. The van der Waals surface area contributed by atoms with Crippen LogP contribution in [0.25, 0.3) is 11.5 Å². The molecule has 0 radical (unpaired) electrons. The van der Waals surface area contributed by atoms with Crippen LogP contribution in [-0.2, 0) is 0 Å². The van der Waals surface area contributed by atoms with Crippen LogP contribution >= 0.6 is 0 Å². The molecule has 3 rings (SSSR count). The van der Waals surface area contributed by atoms with Gasteiger partial charge in [-0.05, 0) is 31.9 Å². The second-order valence-corrected chi connectivity index (χ2v) is 6.92. The number of aromatic nitrogens is 4. The molecule has 0 aliphatic rings. The van der Waals surface area contributed by atoms with Crippen LogP contribution in [0.5, 0.6) is 0 Å². The summed E-state index contributed by atoms with van der Waals surface area (Å²) in [6.07, 6.45) is 1.40. The van der Waals surface area contributed by atoms with Crippen LogP contribution in [-0.4, -0.2) is 25.7 Å². The van der Waals surface area contributed by atoms with Crippen molar-refractivity contribution < 1.29 is 18.0 Å². The quantitative estimate of drug-likeness (QED) is 0.653. The molecule has 0 bridgehead atoms. The summed E-state index contributed by atoms with van der Waals surface area (Å²) in [7, 11) is 0. The van der Waals surface area contributed by atoms with E-state index in [0.29, 0.717) is 5.56 Å². The Morgan fingerprint density at radius 3 is 2.64 bits per heavy atom. The Kier molecular flexibility index (Phi) is 5.53. The van der Waals surface area contributed by atoms with Crippen LogP contribution in [0.4, 0.5) is 14.5 Å². The molecule has 3 aromatic rings. The fraction of sp³-hybridized carbons (Fsp3) is 0.368. The van der Waals surface area contributed by atoms with Crippen LogP contribution in [0.1, 0.15) is 68.0 Å². The molecular formula is C19H21F2N5O2. The van der Waals surface area contributed by atoms with Crippen LogP contribution in [0, 0.1) is 0 Å². The molecule has 0 fully saturated rings. The number of alkyl halides is 2. The fourth-order valence-electron chi connectivity index (χ4n) is 2.52. The first-order valence-electron chi connectivity index (χ1n) is 8.86. The average Bonchev–Trinajstić information content (AvgIpc) is 3.29. The SMILES string of the molecule is CC(C)c1cc(-c2nc(C(=O)Nc3cn(C(C)C)nc3C(F)F)co2)ccn1. The van der Waals surface area contributed by atoms with E-state index in [0.717, 1.165) is 5.69 Å². The third-order valence-electron chi connectivity index (χ3n) is 4.10. The molecule has 0 saturated carbocycles. The molecule has 0 atom stereocenters. The summed E-state index contributed by atoms with van der Waals surface area (Å²) < 4.78 is 33.2. The molecule has 0 spiro atoms. The van der Waals surface area contributed by atoms with E-state index >= 15 is 0 Å². The zero-order valence-corrected chi connectivity index (χ0v) is 16.0. The maximum Gasteiger partial charge on any atom is 0.284 e. The Morgan fingerprint density at radius 2 is 2.00 bits per heavy atom. The van der Waals surface area contributed by atoms with E-state index in [1.54, 1.807) is 26.1 Å². The number of halogens is 2. The maximum absolute atomic E-state index is 13.2. The minimum absolute atomic E-state index is 0.0181. The van der Waals surface area contributed by atoms with Gasteiger partial charge in [-0.3, -0.25) is 14.5 Å². The van der Waals surface area contributed by atoms with Crippen molar-refractivity contribution in [2.75, 3.05) is 5.32 Å². The molecule has 7 nitrogen and oxygen atoms in total. The summed E-state index contributed by atoms with van der Waals surface area (Å²) in [5, 5.41) is 6.28. The number of pyridine rings is 1. The zero-order valence-electron chi connectivity index (χ0n) is 16.0. The highest BCUT2D eigenvalue weighted by Gasteiger charge is 2.22. The topological polar surface area (TPSA) is 85.8 Å². The Balaban J connectivity index is 1.83. The van der Waals surface area contributed by atoms with E-state index in [2.05, 4.69) is 20.4 Å². The van der Waals surface area contributed by atoms with Gasteiger partial charge in [0, 0.05) is 29.7 Å². The minimum atomic E-state index is -2.81. The molecule has 0 aliphatic carbocycles. The molecule has 0 saturated heterocycles. The normalized spacial score (nSPS) is 11.6. The summed E-state index contributed by atoms with van der Waals surface area (Å²) in [6, 6.07) is 3.43. The summed E-state index contributed by atoms with van der Waals surface area (Å²) >= 11 is 0. The van der Waals surface area contributed by atoms with Gasteiger partial charge in [-0.2, -0.15) is 5.10 Å². The lowest BCUT2D eigenvalue weighted by Crippen LogP contribution is -2.13. The van der Waals surface area contributed by atoms with Crippen molar-refractivity contribution >= 4 is 11.6 Å². The number of hydrogen-bond donors (Lipinski definition) is 1. The van der Waals surface area contributed by atoms with Crippen LogP contribution < -0.4 is 5.32 Å². The number of hydrogen-bond acceptors (Lipinski definition) is 5. The number of rotatable bonds is 6. The smallest absolute Gasteiger partial charge is 0.284 e. The van der Waals surface area contributed by atoms with Gasteiger partial charge >= 0.3 is 0 Å². The van der Waals surface area contributed by atoms with E-state index in [9.17, 15) is 13.6 Å². The first kappa shape index (κ1) is 19.7. The highest BCUT2D eigenvalue weighted by atomic mass is 19.3. The van der Waals surface area contributed by atoms with Crippen molar-refractivity contribution in [3.8, 4) is 11.5 Å². The molecule has 0 aromatic carbocycles. The van der Waals surface area contributed by atoms with E-state index < -0.39 is 18.0 Å². The van der Waals surface area contributed by atoms with Gasteiger partial charge in [0.1, 0.15) is 6.26 Å². The standard InChI is InChI=1S/C19H21F2N5O2/c1-10(2)13-7-12(5-6-22-13)19-24-15(9-28-19)18(27)23-14-8-26(11(3)4)25-16(14)17(20)21/h5-11,17H,1-4H3,(H,23,27). The molecule has 148 valence electrons. The first-order valence-corrected chi connectivity index (χ1v) is 8.86. The van der Waals surface area contributed by atoms with Crippen LogP contribution in [0.15, 0.2) is 35.2 Å². The molecular weight excluding hydrogens is 368 g/mol. The number of carbonyl (C=O) groups excluding carboxylic acids is 1. The largest absolute Gasteiger partial charge is 0.444 e. The van der Waals surface area contributed by atoms with Gasteiger partial charge in [-0.15, -0.1) is 0 Å². The van der Waals surface area contributed by atoms with E-state index in [-0.39, 0.29) is 29.2 Å². The molecule has 28 heavy (non-hydrogen) atoms. The molecule has 0 aliphatic heterocycles. The Hall–Kier alpha value is -3.10. The van der Waals surface area contributed by atoms with Crippen molar-refractivity contribution in [3.05, 3.63) is 47.9 Å². The monoisotopic (exact) mass is 389 g/mol. The highest BCUT2D eigenvalue weighted by molar-refractivity contribution is 6.03. The Labute approximate surface area is 160 Å². The second-order valence-electron chi connectivity index (χ2n) is 6.92. The predicted molar refractivity (Wildman–Crippen MR) is 99.3 cm³/mol. The van der Waals surface area contributed by atoms with E-state index in [1.165, 1.54) is 17.1 Å². The third kappa shape index (κ3) is 4.08. The molecule has 3 heterocycles. The second kappa shape index (κ2) is 7.87. The summed E-state index contributed by atoms with van der Waals surface area (Å²) in [6.45, 7) is 7.63. The lowest BCUT2D eigenvalue weighted by Gasteiger charge is -2.04. The number of oxazole rings is 1. The first-order chi connectivity index (χ1) is 13.3. The highest BCUT2D eigenvalue weighted by Crippen LogP contribution is 2.28. The van der Waals surface area contributed by atoms with Gasteiger partial charge in [-0.1, -0.05) is 13.8 Å². The average molecular weight is 389 g/mol. The van der Waals surface area contributed by atoms with E-state index in [4.69, 9.17) is 4.42 Å². The summed E-state index contributed by atoms with van der Waals surface area (Å²) in [4.78, 5) is 20.9. The fourth-order valence-corrected chi connectivity index (χ4v) is 2.52. The predicted octanol–water partition coefficient (Wildman–Crippen LogP) is 4.83. The van der Waals surface area contributed by atoms with Gasteiger partial charge in [-0.25, -0.2) is 13.8 Å².